The molecule has 21 heavy (non-hydrogen) atoms. The summed E-state index contributed by atoms with van der Waals surface area (Å²) in [5.41, 5.74) is 3.94. The van der Waals surface area contributed by atoms with Gasteiger partial charge < -0.3 is 5.32 Å². The van der Waals surface area contributed by atoms with E-state index in [9.17, 15) is 0 Å². The molecule has 2 aromatic carbocycles. The first-order chi connectivity index (χ1) is 10.4. The Morgan fingerprint density at radius 3 is 2.90 bits per heavy atom. The van der Waals surface area contributed by atoms with Crippen molar-refractivity contribution >= 4 is 27.2 Å². The average Bonchev–Trinajstić information content (AvgIpc) is 2.96. The minimum absolute atomic E-state index is 0.662. The number of hydrogen-bond acceptors (Lipinski definition) is 3. The molecule has 1 N–H and O–H groups in total. The molecule has 106 valence electrons. The van der Waals surface area contributed by atoms with Crippen LogP contribution >= 0.6 is 11.3 Å². The van der Waals surface area contributed by atoms with Crippen LogP contribution in [0.1, 0.15) is 29.3 Å². The summed E-state index contributed by atoms with van der Waals surface area (Å²) in [6.07, 6.45) is 3.50. The van der Waals surface area contributed by atoms with E-state index in [2.05, 4.69) is 53.8 Å². The van der Waals surface area contributed by atoms with Crippen LogP contribution in [0.25, 0.3) is 10.2 Å². The van der Waals surface area contributed by atoms with Crippen LogP contribution in [-0.2, 0) is 6.42 Å². The van der Waals surface area contributed by atoms with Crippen LogP contribution in [0.5, 0.6) is 0 Å². The van der Waals surface area contributed by atoms with Gasteiger partial charge in [0, 0.05) is 12.2 Å². The summed E-state index contributed by atoms with van der Waals surface area (Å²) in [5.74, 6) is 0.662. The summed E-state index contributed by atoms with van der Waals surface area (Å²) in [6, 6.07) is 17.1. The quantitative estimate of drug-likeness (QED) is 0.748. The molecule has 0 aliphatic carbocycles. The fourth-order valence-electron chi connectivity index (χ4n) is 3.17. The van der Waals surface area contributed by atoms with E-state index >= 15 is 0 Å². The second kappa shape index (κ2) is 5.49. The summed E-state index contributed by atoms with van der Waals surface area (Å²) in [6.45, 7) is 1.08. The van der Waals surface area contributed by atoms with Crippen LogP contribution in [0.15, 0.2) is 48.5 Å². The van der Waals surface area contributed by atoms with Crippen LogP contribution < -0.4 is 5.32 Å². The van der Waals surface area contributed by atoms with Gasteiger partial charge in [-0.2, -0.15) is 0 Å². The van der Waals surface area contributed by atoms with Gasteiger partial charge in [0.25, 0.3) is 0 Å². The van der Waals surface area contributed by atoms with Gasteiger partial charge in [-0.25, -0.2) is 4.98 Å². The number of fused-ring (bicyclic) bond motifs is 2. The molecule has 0 saturated carbocycles. The molecule has 1 unspecified atom stereocenters. The van der Waals surface area contributed by atoms with E-state index < -0.39 is 0 Å². The molecular formula is C18H18N2S. The van der Waals surface area contributed by atoms with E-state index in [1.165, 1.54) is 33.8 Å². The summed E-state index contributed by atoms with van der Waals surface area (Å²) < 4.78 is 1.30. The molecule has 3 heteroatoms. The minimum Gasteiger partial charge on any atom is -0.385 e. The fourth-order valence-corrected chi connectivity index (χ4v) is 4.16. The molecule has 1 atom stereocenters. The molecule has 0 radical (unpaired) electrons. The number of nitrogens with one attached hydrogen (secondary N) is 1. The highest BCUT2D eigenvalue weighted by molar-refractivity contribution is 7.18. The molecule has 2 nitrogen and oxygen atoms in total. The maximum absolute atomic E-state index is 4.76. The van der Waals surface area contributed by atoms with Crippen molar-refractivity contribution in [1.29, 1.82) is 0 Å². The van der Waals surface area contributed by atoms with E-state index in [1.807, 2.05) is 11.3 Å². The molecule has 1 aliphatic rings. The highest BCUT2D eigenvalue weighted by Crippen LogP contribution is 2.35. The van der Waals surface area contributed by atoms with Crippen LogP contribution in [0.2, 0.25) is 0 Å². The number of aryl methyl sites for hydroxylation is 1. The lowest BCUT2D eigenvalue weighted by atomic mass is 9.87. The van der Waals surface area contributed by atoms with Gasteiger partial charge in [0.15, 0.2) is 0 Å². The summed E-state index contributed by atoms with van der Waals surface area (Å²) >= 11 is 1.84. The maximum Gasteiger partial charge on any atom is 0.0938 e. The van der Waals surface area contributed by atoms with Crippen molar-refractivity contribution in [2.45, 2.75) is 25.2 Å². The first kappa shape index (κ1) is 12.8. The second-order valence-electron chi connectivity index (χ2n) is 5.61. The van der Waals surface area contributed by atoms with Crippen molar-refractivity contribution in [2.75, 3.05) is 11.9 Å². The molecule has 0 spiro atoms. The third kappa shape index (κ3) is 2.54. The van der Waals surface area contributed by atoms with Gasteiger partial charge in [0.05, 0.1) is 15.2 Å². The van der Waals surface area contributed by atoms with Crippen LogP contribution in [0.4, 0.5) is 5.69 Å². The molecule has 4 rings (SSSR count). The standard InChI is InChI=1S/C18H18N2S/c1-2-6-15-14(5-1)13(11-12-19-15)9-10-18-20-16-7-3-4-8-17(16)21-18/h1-8,13,19H,9-12H2. The van der Waals surface area contributed by atoms with Crippen molar-refractivity contribution in [3.8, 4) is 0 Å². The van der Waals surface area contributed by atoms with Crippen LogP contribution in [0.3, 0.4) is 0 Å². The molecular weight excluding hydrogens is 276 g/mol. The van der Waals surface area contributed by atoms with Crippen LogP contribution in [-0.4, -0.2) is 11.5 Å². The number of aromatic nitrogens is 1. The predicted molar refractivity (Wildman–Crippen MR) is 90.2 cm³/mol. The molecule has 3 aromatic rings. The van der Waals surface area contributed by atoms with Crippen LogP contribution in [0, 0.1) is 0 Å². The normalized spacial score (nSPS) is 17.4. The predicted octanol–water partition coefficient (Wildman–Crippen LogP) is 4.83. The van der Waals surface area contributed by atoms with Gasteiger partial charge in [-0.3, -0.25) is 0 Å². The molecule has 1 aliphatic heterocycles. The zero-order valence-corrected chi connectivity index (χ0v) is 12.7. The van der Waals surface area contributed by atoms with Crippen molar-refractivity contribution in [2.24, 2.45) is 0 Å². The largest absolute Gasteiger partial charge is 0.385 e. The van der Waals surface area contributed by atoms with Gasteiger partial charge in [-0.1, -0.05) is 30.3 Å². The first-order valence-corrected chi connectivity index (χ1v) is 8.39. The second-order valence-corrected chi connectivity index (χ2v) is 6.73. The lowest BCUT2D eigenvalue weighted by Crippen LogP contribution is -2.17. The lowest BCUT2D eigenvalue weighted by Gasteiger charge is -2.26. The van der Waals surface area contributed by atoms with Crippen molar-refractivity contribution in [1.82, 2.24) is 4.98 Å². The van der Waals surface area contributed by atoms with E-state index in [1.54, 1.807) is 0 Å². The van der Waals surface area contributed by atoms with Crippen molar-refractivity contribution in [3.05, 3.63) is 59.1 Å². The molecule has 0 fully saturated rings. The molecule has 0 bridgehead atoms. The molecule has 1 aromatic heterocycles. The third-order valence-electron chi connectivity index (χ3n) is 4.25. The smallest absolute Gasteiger partial charge is 0.0938 e. The summed E-state index contributed by atoms with van der Waals surface area (Å²) in [7, 11) is 0. The van der Waals surface area contributed by atoms with Gasteiger partial charge in [0.1, 0.15) is 0 Å². The number of anilines is 1. The highest BCUT2D eigenvalue weighted by atomic mass is 32.1. The number of hydrogen-bond donors (Lipinski definition) is 1. The number of rotatable bonds is 3. The summed E-state index contributed by atoms with van der Waals surface area (Å²) in [5, 5.41) is 4.77. The van der Waals surface area contributed by atoms with E-state index in [4.69, 9.17) is 4.98 Å². The topological polar surface area (TPSA) is 24.9 Å². The molecule has 0 amide bonds. The zero-order valence-electron chi connectivity index (χ0n) is 11.9. The zero-order chi connectivity index (χ0) is 14.1. The molecule has 2 heterocycles. The van der Waals surface area contributed by atoms with Gasteiger partial charge >= 0.3 is 0 Å². The lowest BCUT2D eigenvalue weighted by molar-refractivity contribution is 0.578. The van der Waals surface area contributed by atoms with Crippen molar-refractivity contribution in [3.63, 3.8) is 0 Å². The van der Waals surface area contributed by atoms with E-state index in [0.717, 1.165) is 18.5 Å². The fraction of sp³-hybridized carbons (Fsp3) is 0.278. The van der Waals surface area contributed by atoms with Gasteiger partial charge in [0.2, 0.25) is 0 Å². The Kier molecular flexibility index (Phi) is 3.36. The Bertz CT molecular complexity index is 730. The number of para-hydroxylation sites is 2. The Morgan fingerprint density at radius 2 is 1.95 bits per heavy atom. The van der Waals surface area contributed by atoms with Gasteiger partial charge in [-0.05, 0) is 48.9 Å². The van der Waals surface area contributed by atoms with Crippen molar-refractivity contribution < 1.29 is 0 Å². The van der Waals surface area contributed by atoms with E-state index in [-0.39, 0.29) is 0 Å². The first-order valence-electron chi connectivity index (χ1n) is 7.57. The average molecular weight is 294 g/mol. The Labute approximate surface area is 128 Å². The minimum atomic E-state index is 0.662. The Morgan fingerprint density at radius 1 is 1.10 bits per heavy atom. The third-order valence-corrected chi connectivity index (χ3v) is 5.35. The number of benzene rings is 2. The Balaban J connectivity index is 1.52. The SMILES string of the molecule is c1ccc2c(c1)NCCC2CCc1nc2ccccc2s1. The summed E-state index contributed by atoms with van der Waals surface area (Å²) in [4.78, 5) is 4.76. The maximum atomic E-state index is 4.76. The Hall–Kier alpha value is -1.87. The highest BCUT2D eigenvalue weighted by Gasteiger charge is 2.19. The monoisotopic (exact) mass is 294 g/mol. The number of thiazole rings is 1. The number of nitrogens with zero attached hydrogens (tertiary/aromatic N) is 1. The van der Waals surface area contributed by atoms with Gasteiger partial charge in [-0.15, -0.1) is 11.3 Å². The molecule has 0 saturated heterocycles. The van der Waals surface area contributed by atoms with E-state index in [0.29, 0.717) is 5.92 Å².